The van der Waals surface area contributed by atoms with Gasteiger partial charge >= 0.3 is 5.97 Å². The van der Waals surface area contributed by atoms with Crippen molar-refractivity contribution < 1.29 is 14.6 Å². The smallest absolute Gasteiger partial charge is 0.336 e. The summed E-state index contributed by atoms with van der Waals surface area (Å²) in [5.41, 5.74) is 1.30. The number of allylic oxidation sites excluding steroid dienone is 1. The van der Waals surface area contributed by atoms with E-state index in [2.05, 4.69) is 0 Å². The van der Waals surface area contributed by atoms with Crippen LogP contribution in [0, 0.1) is 23.7 Å². The molecule has 25 heavy (non-hydrogen) atoms. The van der Waals surface area contributed by atoms with Crippen molar-refractivity contribution in [3.63, 3.8) is 0 Å². The highest BCUT2D eigenvalue weighted by Crippen LogP contribution is 2.47. The molecule has 2 aliphatic rings. The summed E-state index contributed by atoms with van der Waals surface area (Å²) >= 11 is 0. The molecule has 3 rings (SSSR count). The average Bonchev–Trinajstić information content (AvgIpc) is 2.81. The topological polar surface area (TPSA) is 97.4 Å². The number of nitriles is 1. The standard InChI is InChI=1S/C19H17N3O3/c1-11-4-6-12(7-5-11)22-17(21)14(10-20)15-8-13(23)9-16(18(24)25-3)19(15,22)2/h4-9,21,23H,1-3H3. The van der Waals surface area contributed by atoms with E-state index in [0.717, 1.165) is 5.56 Å². The summed E-state index contributed by atoms with van der Waals surface area (Å²) in [6.07, 6.45) is 2.75. The predicted molar refractivity (Wildman–Crippen MR) is 93.2 cm³/mol. The summed E-state index contributed by atoms with van der Waals surface area (Å²) in [5.74, 6) is -0.799. The number of hydrogen-bond donors (Lipinski definition) is 2. The van der Waals surface area contributed by atoms with Crippen molar-refractivity contribution >= 4 is 17.5 Å². The Hall–Kier alpha value is -3.33. The van der Waals surface area contributed by atoms with Gasteiger partial charge in [0.05, 0.1) is 12.7 Å². The van der Waals surface area contributed by atoms with Crippen LogP contribution in [0.5, 0.6) is 0 Å². The van der Waals surface area contributed by atoms with Gasteiger partial charge in [0.15, 0.2) is 0 Å². The maximum Gasteiger partial charge on any atom is 0.336 e. The molecule has 0 fully saturated rings. The minimum atomic E-state index is -1.11. The minimum absolute atomic E-state index is 0.0235. The van der Waals surface area contributed by atoms with Gasteiger partial charge in [0.2, 0.25) is 0 Å². The van der Waals surface area contributed by atoms with E-state index in [1.54, 1.807) is 11.8 Å². The first-order chi connectivity index (χ1) is 11.8. The number of amidine groups is 1. The second-order valence-corrected chi connectivity index (χ2v) is 6.11. The van der Waals surface area contributed by atoms with Crippen LogP contribution in [-0.4, -0.2) is 29.6 Å². The van der Waals surface area contributed by atoms with Crippen LogP contribution in [-0.2, 0) is 9.53 Å². The van der Waals surface area contributed by atoms with Gasteiger partial charge in [-0.1, -0.05) is 17.7 Å². The van der Waals surface area contributed by atoms with E-state index in [1.165, 1.54) is 19.3 Å². The number of carbonyl (C=O) groups is 1. The van der Waals surface area contributed by atoms with E-state index in [-0.39, 0.29) is 22.7 Å². The Bertz CT molecular complexity index is 916. The third-order valence-electron chi connectivity index (χ3n) is 4.62. The van der Waals surface area contributed by atoms with Crippen molar-refractivity contribution in [3.05, 3.63) is 64.5 Å². The van der Waals surface area contributed by atoms with Crippen LogP contribution in [0.25, 0.3) is 0 Å². The lowest BCUT2D eigenvalue weighted by molar-refractivity contribution is -0.136. The van der Waals surface area contributed by atoms with Crippen LogP contribution >= 0.6 is 0 Å². The number of anilines is 1. The first kappa shape index (κ1) is 16.5. The number of carbonyl (C=O) groups excluding carboxylic acids is 1. The molecule has 0 aromatic heterocycles. The van der Waals surface area contributed by atoms with E-state index in [9.17, 15) is 15.2 Å². The quantitative estimate of drug-likeness (QED) is 0.810. The number of ether oxygens (including phenoxy) is 1. The summed E-state index contributed by atoms with van der Waals surface area (Å²) in [6, 6.07) is 9.49. The first-order valence-electron chi connectivity index (χ1n) is 7.66. The highest BCUT2D eigenvalue weighted by atomic mass is 16.5. The molecule has 1 aliphatic heterocycles. The summed E-state index contributed by atoms with van der Waals surface area (Å²) in [7, 11) is 1.26. The van der Waals surface area contributed by atoms with Crippen molar-refractivity contribution in [3.8, 4) is 6.07 Å². The monoisotopic (exact) mass is 335 g/mol. The number of benzene rings is 1. The molecular formula is C19H17N3O3. The van der Waals surface area contributed by atoms with Crippen LogP contribution in [0.2, 0.25) is 0 Å². The normalized spacial score (nSPS) is 22.2. The maximum atomic E-state index is 12.4. The first-order valence-corrected chi connectivity index (χ1v) is 7.66. The molecule has 0 bridgehead atoms. The summed E-state index contributed by atoms with van der Waals surface area (Å²) in [6.45, 7) is 3.69. The van der Waals surface area contributed by atoms with Gasteiger partial charge in [0.1, 0.15) is 28.8 Å². The highest BCUT2D eigenvalue weighted by Gasteiger charge is 2.52. The lowest BCUT2D eigenvalue weighted by Gasteiger charge is -2.40. The molecule has 6 nitrogen and oxygen atoms in total. The average molecular weight is 335 g/mol. The third-order valence-corrected chi connectivity index (χ3v) is 4.62. The Morgan fingerprint density at radius 1 is 1.32 bits per heavy atom. The molecule has 1 heterocycles. The largest absolute Gasteiger partial charge is 0.508 e. The Morgan fingerprint density at radius 3 is 2.52 bits per heavy atom. The van der Waals surface area contributed by atoms with Crippen LogP contribution in [0.3, 0.4) is 0 Å². The highest BCUT2D eigenvalue weighted by molar-refractivity contribution is 6.18. The molecule has 0 radical (unpaired) electrons. The molecule has 6 heteroatoms. The molecular weight excluding hydrogens is 318 g/mol. The number of esters is 1. The summed E-state index contributed by atoms with van der Waals surface area (Å²) in [4.78, 5) is 14.0. The SMILES string of the molecule is COC(=O)C1=CC(O)=CC2=C(C#N)C(=N)N(c3ccc(C)cc3)C12C. The fraction of sp³-hybridized carbons (Fsp3) is 0.211. The number of methoxy groups -OCH3 is 1. The van der Waals surface area contributed by atoms with Gasteiger partial charge in [0, 0.05) is 11.3 Å². The molecule has 2 N–H and O–H groups in total. The van der Waals surface area contributed by atoms with Crippen LogP contribution < -0.4 is 4.90 Å². The number of hydrogen-bond acceptors (Lipinski definition) is 5. The zero-order valence-electron chi connectivity index (χ0n) is 14.1. The predicted octanol–water partition coefficient (Wildman–Crippen LogP) is 2.93. The van der Waals surface area contributed by atoms with E-state index >= 15 is 0 Å². The Kier molecular flexibility index (Phi) is 3.73. The van der Waals surface area contributed by atoms with Gasteiger partial charge in [-0.2, -0.15) is 5.26 Å². The number of rotatable bonds is 2. The van der Waals surface area contributed by atoms with E-state index in [1.807, 2.05) is 37.3 Å². The van der Waals surface area contributed by atoms with Gasteiger partial charge in [-0.15, -0.1) is 0 Å². The van der Waals surface area contributed by atoms with Crippen molar-refractivity contribution in [2.45, 2.75) is 19.4 Å². The molecule has 126 valence electrons. The lowest BCUT2D eigenvalue weighted by atomic mass is 9.79. The maximum absolute atomic E-state index is 12.4. The Balaban J connectivity index is 2.28. The van der Waals surface area contributed by atoms with Crippen molar-refractivity contribution in [1.82, 2.24) is 0 Å². The van der Waals surface area contributed by atoms with Crippen LogP contribution in [0.4, 0.5) is 5.69 Å². The van der Waals surface area contributed by atoms with Gasteiger partial charge in [-0.25, -0.2) is 4.79 Å². The van der Waals surface area contributed by atoms with Gasteiger partial charge in [-0.05, 0) is 38.1 Å². The number of aliphatic hydroxyl groups excluding tert-OH is 1. The van der Waals surface area contributed by atoms with Crippen molar-refractivity contribution in [2.24, 2.45) is 0 Å². The summed E-state index contributed by atoms with van der Waals surface area (Å²) in [5, 5.41) is 28.1. The fourth-order valence-corrected chi connectivity index (χ4v) is 3.34. The molecule has 1 unspecified atom stereocenters. The lowest BCUT2D eigenvalue weighted by Crippen LogP contribution is -2.50. The molecule has 0 saturated heterocycles. The van der Waals surface area contributed by atoms with Crippen molar-refractivity contribution in [1.29, 1.82) is 10.7 Å². The second-order valence-electron chi connectivity index (χ2n) is 6.11. The van der Waals surface area contributed by atoms with Crippen LogP contribution in [0.1, 0.15) is 12.5 Å². The molecule has 1 aromatic carbocycles. The number of aliphatic hydroxyl groups is 1. The Labute approximate surface area is 145 Å². The van der Waals surface area contributed by atoms with Crippen molar-refractivity contribution in [2.75, 3.05) is 12.0 Å². The number of nitrogens with zero attached hydrogens (tertiary/aromatic N) is 2. The molecule has 0 spiro atoms. The molecule has 0 amide bonds. The fourth-order valence-electron chi connectivity index (χ4n) is 3.34. The zero-order chi connectivity index (χ0) is 18.4. The Morgan fingerprint density at radius 2 is 1.96 bits per heavy atom. The molecule has 1 atom stereocenters. The second kappa shape index (κ2) is 5.64. The van der Waals surface area contributed by atoms with Gasteiger partial charge in [0.25, 0.3) is 0 Å². The number of aryl methyl sites for hydroxylation is 1. The van der Waals surface area contributed by atoms with E-state index in [4.69, 9.17) is 10.1 Å². The number of nitrogens with one attached hydrogen (secondary N) is 1. The van der Waals surface area contributed by atoms with Gasteiger partial charge in [-0.3, -0.25) is 5.41 Å². The van der Waals surface area contributed by atoms with E-state index < -0.39 is 11.5 Å². The molecule has 0 saturated carbocycles. The third kappa shape index (κ3) is 2.24. The number of fused-ring (bicyclic) bond motifs is 1. The van der Waals surface area contributed by atoms with Gasteiger partial charge < -0.3 is 14.7 Å². The van der Waals surface area contributed by atoms with E-state index in [0.29, 0.717) is 11.3 Å². The zero-order valence-corrected chi connectivity index (χ0v) is 14.1. The van der Waals surface area contributed by atoms with Crippen LogP contribution in [0.15, 0.2) is 58.9 Å². The molecule has 1 aromatic rings. The molecule has 1 aliphatic carbocycles. The summed E-state index contributed by atoms with van der Waals surface area (Å²) < 4.78 is 4.87. The minimum Gasteiger partial charge on any atom is -0.508 e.